The summed E-state index contributed by atoms with van der Waals surface area (Å²) in [7, 11) is 0. The monoisotopic (exact) mass is 1810 g/mol. The molecule has 1 amide bonds. The molecule has 4 bridgehead atoms. The molecule has 18 rings (SSSR count). The van der Waals surface area contributed by atoms with Crippen LogP contribution in [0.2, 0.25) is 0 Å². The molecule has 3 heterocycles. The van der Waals surface area contributed by atoms with E-state index in [4.69, 9.17) is 4.74 Å². The molecular formula is C128H193NO4. The van der Waals surface area contributed by atoms with Gasteiger partial charge in [-0.15, -0.1) is 23.7 Å². The summed E-state index contributed by atoms with van der Waals surface area (Å²) >= 11 is 0. The summed E-state index contributed by atoms with van der Waals surface area (Å²) in [5, 5.41) is 0. The molecule has 734 valence electrons. The Morgan fingerprint density at radius 2 is 0.744 bits per heavy atom. The lowest BCUT2D eigenvalue weighted by molar-refractivity contribution is 0.0647. The van der Waals surface area contributed by atoms with Crippen LogP contribution in [0.4, 0.5) is 5.69 Å². The van der Waals surface area contributed by atoms with Crippen LogP contribution in [0, 0.1) is 94.2 Å². The van der Waals surface area contributed by atoms with Gasteiger partial charge in [-0.1, -0.05) is 431 Å². The third-order valence-electron chi connectivity index (χ3n) is 22.7. The molecular weight excluding hydrogens is 1620 g/mol. The quantitative estimate of drug-likeness (QED) is 0.131. The Morgan fingerprint density at radius 1 is 0.383 bits per heavy atom. The number of allylic oxidation sites excluding steroid dienone is 2. The van der Waals surface area contributed by atoms with Crippen molar-refractivity contribution < 1.29 is 9.53 Å². The second-order valence-corrected chi connectivity index (χ2v) is 37.2. The van der Waals surface area contributed by atoms with Crippen LogP contribution in [0.3, 0.4) is 0 Å². The van der Waals surface area contributed by atoms with Crippen LogP contribution in [0.1, 0.15) is 402 Å². The molecule has 2 fully saturated rings. The second kappa shape index (κ2) is 70.6. The molecule has 1 saturated heterocycles. The molecule has 5 heteroatoms. The smallest absolute Gasteiger partial charge is 0.259 e. The summed E-state index contributed by atoms with van der Waals surface area (Å²) in [5.41, 5.74) is 23.2. The number of benzene rings is 7. The number of para-hydroxylation sites is 1. The van der Waals surface area contributed by atoms with Gasteiger partial charge in [-0.3, -0.25) is 14.4 Å². The lowest BCUT2D eigenvalue weighted by Gasteiger charge is -2.33. The van der Waals surface area contributed by atoms with Gasteiger partial charge >= 0.3 is 0 Å². The number of carbonyl (C=O) groups excluding carboxylic acids is 1. The van der Waals surface area contributed by atoms with Crippen molar-refractivity contribution in [3.8, 4) is 80.0 Å². The number of rotatable bonds is 3. The van der Waals surface area contributed by atoms with Crippen LogP contribution in [0.25, 0.3) is 44.5 Å². The third kappa shape index (κ3) is 41.6. The van der Waals surface area contributed by atoms with E-state index in [9.17, 15) is 14.4 Å². The zero-order chi connectivity index (χ0) is 100. The zero-order valence-electron chi connectivity index (χ0n) is 91.2. The topological polar surface area (TPSA) is 63.7 Å². The molecule has 0 radical (unpaired) electrons. The molecule has 133 heavy (non-hydrogen) atoms. The third-order valence-corrected chi connectivity index (χ3v) is 22.7. The molecule has 0 N–H and O–H groups in total. The first kappa shape index (κ1) is 126. The zero-order valence-corrected chi connectivity index (χ0v) is 91.2. The minimum atomic E-state index is -0.0516. The summed E-state index contributed by atoms with van der Waals surface area (Å²) in [4.78, 5) is 39.5. The van der Waals surface area contributed by atoms with Crippen LogP contribution < -0.4 is 15.8 Å². The van der Waals surface area contributed by atoms with E-state index in [1.54, 1.807) is 16.5 Å². The first-order chi connectivity index (χ1) is 63.4. The van der Waals surface area contributed by atoms with Crippen molar-refractivity contribution in [2.24, 2.45) is 58.7 Å². The Morgan fingerprint density at radius 3 is 1.14 bits per heavy atom. The maximum atomic E-state index is 13.1. The fraction of sp³-hybridized carbons (Fsp3) is 0.539. The Bertz CT molecular complexity index is 4770. The highest BCUT2D eigenvalue weighted by Crippen LogP contribution is 2.52. The highest BCUT2D eigenvalue weighted by Gasteiger charge is 2.50. The molecule has 7 unspecified atom stereocenters. The second-order valence-electron chi connectivity index (χ2n) is 37.2. The summed E-state index contributed by atoms with van der Waals surface area (Å²) in [6, 6.07) is 57.4. The maximum absolute atomic E-state index is 13.1. The molecule has 6 aliphatic carbocycles. The van der Waals surface area contributed by atoms with Crippen LogP contribution in [0.5, 0.6) is 0 Å². The highest BCUT2D eigenvalue weighted by molar-refractivity contribution is 6.17. The first-order valence-corrected chi connectivity index (χ1v) is 52.4. The van der Waals surface area contributed by atoms with Gasteiger partial charge in [0.25, 0.3) is 5.91 Å². The Kier molecular flexibility index (Phi) is 66.9. The van der Waals surface area contributed by atoms with Gasteiger partial charge < -0.3 is 9.64 Å². The number of ether oxygens (including phenoxy) is 1. The van der Waals surface area contributed by atoms with Crippen LogP contribution in [-0.2, 0) is 36.8 Å². The fourth-order valence-electron chi connectivity index (χ4n) is 16.2. The van der Waals surface area contributed by atoms with Gasteiger partial charge in [-0.25, -0.2) is 0 Å². The minimum absolute atomic E-state index is 0. The van der Waals surface area contributed by atoms with E-state index >= 15 is 0 Å². The first-order valence-electron chi connectivity index (χ1n) is 52.4. The van der Waals surface area contributed by atoms with Gasteiger partial charge in [0.1, 0.15) is 0 Å². The number of hydrogen-bond acceptors (Lipinski definition) is 4. The van der Waals surface area contributed by atoms with Crippen molar-refractivity contribution in [3.63, 3.8) is 0 Å². The Hall–Kier alpha value is -9.05. The molecule has 0 spiro atoms. The average Bonchev–Trinajstić information content (AvgIpc) is 1.56. The van der Waals surface area contributed by atoms with Crippen molar-refractivity contribution in [1.29, 1.82) is 0 Å². The van der Waals surface area contributed by atoms with E-state index in [1.807, 2.05) is 179 Å². The van der Waals surface area contributed by atoms with Gasteiger partial charge in [0.05, 0.1) is 17.9 Å². The number of aryl methyl sites for hydroxylation is 4. The van der Waals surface area contributed by atoms with E-state index in [0.29, 0.717) is 40.6 Å². The molecule has 9 aromatic carbocycles. The Labute approximate surface area is 820 Å². The SMILES string of the molecule is C.C1#CCCCCCC1.C1#CCCc2ccccc2CC1.C1#Cc2ccccc2CCc2ccccc21.CC.CC.CC.CC.CC.CC.CC.CC.CC(C)C.CC(C)C.CC(C)C.CC(C)C.CC(C)C1Cc2ccccc2-c2c(c2=O)-c2ccccc21.CC(C)N1C(=O)c2ccccc2-c2c(c2=O)-c2ccccc21.CC1=CC2CC1CC2C.CC1=CC2OC1CC2(C)C(C)C. The molecule has 0 aromatic heterocycles. The van der Waals surface area contributed by atoms with Crippen molar-refractivity contribution in [2.75, 3.05) is 4.90 Å². The van der Waals surface area contributed by atoms with Gasteiger partial charge in [0, 0.05) is 81.6 Å². The highest BCUT2D eigenvalue weighted by atomic mass is 16.5. The largest absolute Gasteiger partial charge is 0.366 e. The van der Waals surface area contributed by atoms with E-state index in [-0.39, 0.29) is 30.2 Å². The molecule has 7 atom stereocenters. The predicted molar refractivity (Wildman–Crippen MR) is 596 cm³/mol. The van der Waals surface area contributed by atoms with E-state index in [2.05, 4.69) is 295 Å². The summed E-state index contributed by atoms with van der Waals surface area (Å²) in [6.07, 6.45) is 25.0. The predicted octanol–water partition coefficient (Wildman–Crippen LogP) is 37.1. The van der Waals surface area contributed by atoms with E-state index in [0.717, 1.165) is 150 Å². The maximum Gasteiger partial charge on any atom is 0.259 e. The average molecular weight is 1810 g/mol. The molecule has 9 aliphatic rings. The number of nitrogens with zero attached hydrogens (tertiary/aromatic N) is 1. The van der Waals surface area contributed by atoms with Gasteiger partial charge in [-0.05, 0) is 231 Å². The lowest BCUT2D eigenvalue weighted by Crippen LogP contribution is -2.37. The van der Waals surface area contributed by atoms with Crippen molar-refractivity contribution in [2.45, 2.75) is 397 Å². The van der Waals surface area contributed by atoms with E-state index in [1.165, 1.54) is 95.0 Å². The summed E-state index contributed by atoms with van der Waals surface area (Å²) in [6.45, 7) is 80.3. The summed E-state index contributed by atoms with van der Waals surface area (Å²) < 4.78 is 5.87. The van der Waals surface area contributed by atoms with Gasteiger partial charge in [0.15, 0.2) is 10.9 Å². The molecule has 9 aromatic rings. The normalized spacial score (nSPS) is 17.8. The minimum Gasteiger partial charge on any atom is -0.366 e. The fourth-order valence-corrected chi connectivity index (χ4v) is 16.2. The lowest BCUT2D eigenvalue weighted by atomic mass is 9.69. The van der Waals surface area contributed by atoms with E-state index < -0.39 is 0 Å². The number of carbonyl (C=O) groups is 1. The van der Waals surface area contributed by atoms with Crippen LogP contribution >= 0.6 is 0 Å². The number of fused-ring (bicyclic) bond motifs is 17. The standard InChI is InChI=1S/C20H18O.C19H15NO2.C16H12.C12H12.C11H18O.C9H14.C8H12.4C4H10.8C2H6.CH4/c1-12(2)17-11-13-7-3-4-8-14(13)18-19(20(18)21)16-10-6-5-9-15(16)17;1-11(2)20-15-10-6-5-9-14(15)17-16(18(17)21)12-7-3-4-8-13(12)19(20)22;1-2-6-14-11-12-16-8-4-3-7-15(16)10-9-13(14)5-1;1-2-4-8-12-10-6-5-9-11(12)7-3-1;1-7(2)11(4)6-9-8(3)5-10(11)12-9;1-6-3-9-5-8(6)4-7(9)2;1-2-4-6-8-7-5-3-1;4*1-4(2)3;8*1-2;/h3-10,12,17H,11H2,1-2H3;3-11H,1-2H3;1-8H,9-10H2;5-6,9-10H,3-4,7-8H2;5,7,9-10H,6H2,1-4H3;3,7-9H,4-5H2,1-2H3;1-6H2;4*4H,1-3H3;8*1-2H3;1H4. The molecule has 3 aliphatic heterocycles. The number of amides is 1. The Balaban J connectivity index is 0. The van der Waals surface area contributed by atoms with Gasteiger partial charge in [0.2, 0.25) is 0 Å². The van der Waals surface area contributed by atoms with Crippen molar-refractivity contribution in [1.82, 2.24) is 0 Å². The molecule has 1 saturated carbocycles. The van der Waals surface area contributed by atoms with Crippen LogP contribution in [-0.4, -0.2) is 24.2 Å². The number of hydrogen-bond donors (Lipinski definition) is 0. The van der Waals surface area contributed by atoms with Crippen molar-refractivity contribution >= 4 is 11.6 Å². The number of anilines is 1. The van der Waals surface area contributed by atoms with Crippen LogP contribution in [0.15, 0.2) is 203 Å². The van der Waals surface area contributed by atoms with Crippen molar-refractivity contribution in [3.05, 3.63) is 264 Å². The molecule has 5 nitrogen and oxygen atoms in total. The summed E-state index contributed by atoms with van der Waals surface area (Å²) in [5.74, 6) is 27.1. The van der Waals surface area contributed by atoms with Gasteiger partial charge in [-0.2, -0.15) is 0 Å².